The summed E-state index contributed by atoms with van der Waals surface area (Å²) in [5.74, 6) is 0.350. The van der Waals surface area contributed by atoms with E-state index in [0.29, 0.717) is 13.2 Å². The van der Waals surface area contributed by atoms with Gasteiger partial charge in [0.05, 0.1) is 13.3 Å². The Morgan fingerprint density at radius 1 is 1.00 bits per heavy atom. The standard InChI is InChI=1S/C19H18FN3O2/c1-24-16-9-7-14(8-10-16)11-21-18-17(20)12-22-19(23-18)25-13-15-5-3-2-4-6-15/h2-10,12H,11,13H2,1H3,(H,21,22,23). The molecule has 0 aliphatic heterocycles. The van der Waals surface area contributed by atoms with E-state index in [9.17, 15) is 4.39 Å². The molecule has 0 fully saturated rings. The first kappa shape index (κ1) is 16.7. The lowest BCUT2D eigenvalue weighted by Gasteiger charge is -2.09. The van der Waals surface area contributed by atoms with Crippen molar-refractivity contribution in [2.24, 2.45) is 0 Å². The Bertz CT molecular complexity index is 811. The summed E-state index contributed by atoms with van der Waals surface area (Å²) in [6.45, 7) is 0.750. The molecule has 0 saturated carbocycles. The molecule has 1 aromatic heterocycles. The molecular weight excluding hydrogens is 321 g/mol. The highest BCUT2D eigenvalue weighted by atomic mass is 19.1. The van der Waals surface area contributed by atoms with E-state index in [2.05, 4.69) is 15.3 Å². The van der Waals surface area contributed by atoms with Gasteiger partial charge in [-0.25, -0.2) is 9.37 Å². The maximum atomic E-state index is 13.9. The van der Waals surface area contributed by atoms with Crippen LogP contribution in [-0.2, 0) is 13.2 Å². The molecule has 3 rings (SSSR count). The number of methoxy groups -OCH3 is 1. The zero-order valence-electron chi connectivity index (χ0n) is 13.8. The molecule has 0 saturated heterocycles. The van der Waals surface area contributed by atoms with Gasteiger partial charge < -0.3 is 14.8 Å². The van der Waals surface area contributed by atoms with Crippen molar-refractivity contribution in [3.63, 3.8) is 0 Å². The first-order valence-corrected chi connectivity index (χ1v) is 7.80. The van der Waals surface area contributed by atoms with E-state index in [1.165, 1.54) is 0 Å². The minimum absolute atomic E-state index is 0.105. The molecule has 1 heterocycles. The summed E-state index contributed by atoms with van der Waals surface area (Å²) in [5.41, 5.74) is 1.97. The summed E-state index contributed by atoms with van der Waals surface area (Å²) < 4.78 is 24.5. The van der Waals surface area contributed by atoms with Crippen LogP contribution < -0.4 is 14.8 Å². The Morgan fingerprint density at radius 2 is 1.76 bits per heavy atom. The maximum Gasteiger partial charge on any atom is 0.318 e. The quantitative estimate of drug-likeness (QED) is 0.709. The van der Waals surface area contributed by atoms with Crippen LogP contribution in [0.4, 0.5) is 10.2 Å². The molecular formula is C19H18FN3O2. The van der Waals surface area contributed by atoms with Crippen molar-refractivity contribution in [1.82, 2.24) is 9.97 Å². The molecule has 0 atom stereocenters. The Hall–Kier alpha value is -3.15. The number of nitrogens with one attached hydrogen (secondary N) is 1. The summed E-state index contributed by atoms with van der Waals surface area (Å²) in [6, 6.07) is 17.3. The van der Waals surface area contributed by atoms with Gasteiger partial charge in [0.1, 0.15) is 12.4 Å². The second kappa shape index (κ2) is 8.10. The van der Waals surface area contributed by atoms with Crippen molar-refractivity contribution in [3.05, 3.63) is 77.7 Å². The SMILES string of the molecule is COc1ccc(CNc2nc(OCc3ccccc3)ncc2F)cc1. The molecule has 1 N–H and O–H groups in total. The van der Waals surface area contributed by atoms with Gasteiger partial charge in [-0.15, -0.1) is 0 Å². The zero-order chi connectivity index (χ0) is 17.5. The predicted molar refractivity (Wildman–Crippen MR) is 93.1 cm³/mol. The van der Waals surface area contributed by atoms with E-state index in [1.54, 1.807) is 7.11 Å². The number of halogens is 1. The van der Waals surface area contributed by atoms with E-state index in [1.807, 2.05) is 54.6 Å². The summed E-state index contributed by atoms with van der Waals surface area (Å²) in [4.78, 5) is 7.96. The summed E-state index contributed by atoms with van der Waals surface area (Å²) in [5, 5.41) is 2.96. The Morgan fingerprint density at radius 3 is 2.48 bits per heavy atom. The van der Waals surface area contributed by atoms with E-state index in [-0.39, 0.29) is 11.8 Å². The van der Waals surface area contributed by atoms with E-state index in [0.717, 1.165) is 23.1 Å². The molecule has 0 aliphatic rings. The van der Waals surface area contributed by atoms with Crippen LogP contribution in [0.5, 0.6) is 11.8 Å². The number of benzene rings is 2. The number of ether oxygens (including phenoxy) is 2. The molecule has 2 aromatic carbocycles. The molecule has 0 unspecified atom stereocenters. The Kier molecular flexibility index (Phi) is 5.41. The molecule has 0 spiro atoms. The molecule has 0 radical (unpaired) electrons. The van der Waals surface area contributed by atoms with Crippen LogP contribution in [0.1, 0.15) is 11.1 Å². The van der Waals surface area contributed by atoms with Gasteiger partial charge in [-0.1, -0.05) is 42.5 Å². The smallest absolute Gasteiger partial charge is 0.318 e. The number of hydrogen-bond acceptors (Lipinski definition) is 5. The minimum Gasteiger partial charge on any atom is -0.497 e. The lowest BCUT2D eigenvalue weighted by Crippen LogP contribution is -2.07. The molecule has 5 nitrogen and oxygen atoms in total. The normalized spacial score (nSPS) is 10.3. The molecule has 3 aromatic rings. The second-order valence-corrected chi connectivity index (χ2v) is 5.33. The van der Waals surface area contributed by atoms with Crippen molar-refractivity contribution < 1.29 is 13.9 Å². The summed E-state index contributed by atoms with van der Waals surface area (Å²) >= 11 is 0. The fourth-order valence-electron chi connectivity index (χ4n) is 2.20. The van der Waals surface area contributed by atoms with E-state index < -0.39 is 5.82 Å². The first-order valence-electron chi connectivity index (χ1n) is 7.80. The van der Waals surface area contributed by atoms with Crippen LogP contribution in [0.2, 0.25) is 0 Å². The maximum absolute atomic E-state index is 13.9. The van der Waals surface area contributed by atoms with Crippen LogP contribution in [0, 0.1) is 5.82 Å². The van der Waals surface area contributed by atoms with Crippen LogP contribution in [0.15, 0.2) is 60.8 Å². The third-order valence-electron chi connectivity index (χ3n) is 3.55. The lowest BCUT2D eigenvalue weighted by atomic mass is 10.2. The van der Waals surface area contributed by atoms with E-state index in [4.69, 9.17) is 9.47 Å². The summed E-state index contributed by atoms with van der Waals surface area (Å²) in [7, 11) is 1.61. The van der Waals surface area contributed by atoms with Gasteiger partial charge in [0.2, 0.25) is 0 Å². The van der Waals surface area contributed by atoms with Crippen molar-refractivity contribution in [2.75, 3.05) is 12.4 Å². The van der Waals surface area contributed by atoms with Crippen molar-refractivity contribution in [2.45, 2.75) is 13.2 Å². The van der Waals surface area contributed by atoms with Gasteiger partial charge in [0.15, 0.2) is 11.6 Å². The average Bonchev–Trinajstić information content (AvgIpc) is 2.67. The molecule has 0 bridgehead atoms. The summed E-state index contributed by atoms with van der Waals surface area (Å²) in [6.07, 6.45) is 1.10. The largest absolute Gasteiger partial charge is 0.497 e. The fraction of sp³-hybridized carbons (Fsp3) is 0.158. The number of aromatic nitrogens is 2. The highest BCUT2D eigenvalue weighted by molar-refractivity contribution is 5.38. The van der Waals surface area contributed by atoms with Crippen LogP contribution >= 0.6 is 0 Å². The molecule has 0 aliphatic carbocycles. The molecule has 0 amide bonds. The van der Waals surface area contributed by atoms with Crippen LogP contribution in [0.25, 0.3) is 0 Å². The number of rotatable bonds is 7. The third-order valence-corrected chi connectivity index (χ3v) is 3.55. The number of anilines is 1. The van der Waals surface area contributed by atoms with Crippen LogP contribution in [-0.4, -0.2) is 17.1 Å². The fourth-order valence-corrected chi connectivity index (χ4v) is 2.20. The van der Waals surface area contributed by atoms with Gasteiger partial charge in [-0.3, -0.25) is 0 Å². The van der Waals surface area contributed by atoms with Gasteiger partial charge in [-0.05, 0) is 23.3 Å². The Balaban J connectivity index is 1.62. The van der Waals surface area contributed by atoms with Crippen LogP contribution in [0.3, 0.4) is 0 Å². The topological polar surface area (TPSA) is 56.3 Å². The molecule has 128 valence electrons. The number of nitrogens with zero attached hydrogens (tertiary/aromatic N) is 2. The van der Waals surface area contributed by atoms with Crippen molar-refractivity contribution >= 4 is 5.82 Å². The monoisotopic (exact) mass is 339 g/mol. The molecule has 6 heteroatoms. The average molecular weight is 339 g/mol. The second-order valence-electron chi connectivity index (χ2n) is 5.33. The van der Waals surface area contributed by atoms with Gasteiger partial charge in [-0.2, -0.15) is 4.98 Å². The minimum atomic E-state index is -0.527. The van der Waals surface area contributed by atoms with Crippen molar-refractivity contribution in [3.8, 4) is 11.8 Å². The predicted octanol–water partition coefficient (Wildman–Crippen LogP) is 3.82. The van der Waals surface area contributed by atoms with E-state index >= 15 is 0 Å². The third kappa shape index (κ3) is 4.67. The highest BCUT2D eigenvalue weighted by Crippen LogP contribution is 2.17. The first-order chi connectivity index (χ1) is 12.2. The van der Waals surface area contributed by atoms with Gasteiger partial charge in [0, 0.05) is 6.54 Å². The number of hydrogen-bond donors (Lipinski definition) is 1. The van der Waals surface area contributed by atoms with Gasteiger partial charge >= 0.3 is 6.01 Å². The molecule has 25 heavy (non-hydrogen) atoms. The van der Waals surface area contributed by atoms with Crippen molar-refractivity contribution in [1.29, 1.82) is 0 Å². The van der Waals surface area contributed by atoms with Gasteiger partial charge in [0.25, 0.3) is 0 Å². The highest BCUT2D eigenvalue weighted by Gasteiger charge is 2.08. The lowest BCUT2D eigenvalue weighted by molar-refractivity contribution is 0.280. The zero-order valence-corrected chi connectivity index (χ0v) is 13.8. The Labute approximate surface area is 145 Å².